The van der Waals surface area contributed by atoms with Gasteiger partial charge in [-0.25, -0.2) is 0 Å². The Kier molecular flexibility index (Phi) is 11.9. The number of hydrogen-bond donors (Lipinski definition) is 2. The molecule has 0 aromatic carbocycles. The minimum Gasteiger partial charge on any atom is -0.481 e. The first-order valence-electron chi connectivity index (χ1n) is 7.62. The second kappa shape index (κ2) is 12.7. The Morgan fingerprint density at radius 1 is 0.800 bits per heavy atom. The average Bonchev–Trinajstić information content (AvgIpc) is 2.39. The van der Waals surface area contributed by atoms with E-state index < -0.39 is 11.9 Å². The fourth-order valence-corrected chi connectivity index (χ4v) is 2.28. The molecule has 2 N–H and O–H groups in total. The van der Waals surface area contributed by atoms with Crippen molar-refractivity contribution in [3.8, 4) is 0 Å². The Bertz CT molecular complexity index is 286. The van der Waals surface area contributed by atoms with Crippen LogP contribution in [0.4, 0.5) is 0 Å². The SMILES string of the molecule is C=CC(CCCCCCCC(=O)O)CCCCC(=O)O. The fraction of sp³-hybridized carbons (Fsp3) is 0.750. The normalized spacial score (nSPS) is 12.0. The molecule has 0 spiro atoms. The van der Waals surface area contributed by atoms with Gasteiger partial charge in [-0.15, -0.1) is 6.58 Å². The Hall–Kier alpha value is -1.32. The maximum absolute atomic E-state index is 10.4. The molecule has 0 aliphatic heterocycles. The molecule has 1 atom stereocenters. The van der Waals surface area contributed by atoms with Gasteiger partial charge in [-0.1, -0.05) is 38.2 Å². The summed E-state index contributed by atoms with van der Waals surface area (Å²) >= 11 is 0. The highest BCUT2D eigenvalue weighted by Gasteiger charge is 2.05. The molecular weight excluding hydrogens is 256 g/mol. The zero-order chi connectivity index (χ0) is 15.2. The van der Waals surface area contributed by atoms with Gasteiger partial charge in [0.25, 0.3) is 0 Å². The number of hydrogen-bond acceptors (Lipinski definition) is 2. The lowest BCUT2D eigenvalue weighted by Gasteiger charge is -2.11. The van der Waals surface area contributed by atoms with Crippen LogP contribution in [0.2, 0.25) is 0 Å². The van der Waals surface area contributed by atoms with Crippen molar-refractivity contribution in [1.82, 2.24) is 0 Å². The van der Waals surface area contributed by atoms with Crippen LogP contribution in [0.1, 0.15) is 70.6 Å². The summed E-state index contributed by atoms with van der Waals surface area (Å²) in [5.41, 5.74) is 0. The molecule has 0 aliphatic rings. The van der Waals surface area contributed by atoms with Gasteiger partial charge in [-0.05, 0) is 31.6 Å². The highest BCUT2D eigenvalue weighted by atomic mass is 16.4. The molecule has 0 aromatic heterocycles. The number of carboxylic acid groups (broad SMARTS) is 2. The van der Waals surface area contributed by atoms with Crippen molar-refractivity contribution in [1.29, 1.82) is 0 Å². The quantitative estimate of drug-likeness (QED) is 0.369. The molecule has 0 aromatic rings. The van der Waals surface area contributed by atoms with E-state index in [1.807, 2.05) is 6.08 Å². The Labute approximate surface area is 121 Å². The molecule has 20 heavy (non-hydrogen) atoms. The van der Waals surface area contributed by atoms with E-state index in [1.165, 1.54) is 0 Å². The zero-order valence-electron chi connectivity index (χ0n) is 12.4. The van der Waals surface area contributed by atoms with Crippen molar-refractivity contribution in [3.63, 3.8) is 0 Å². The van der Waals surface area contributed by atoms with Crippen molar-refractivity contribution in [3.05, 3.63) is 12.7 Å². The molecular formula is C16H28O4. The third-order valence-corrected chi connectivity index (χ3v) is 3.51. The Morgan fingerprint density at radius 2 is 1.20 bits per heavy atom. The largest absolute Gasteiger partial charge is 0.481 e. The molecule has 1 unspecified atom stereocenters. The van der Waals surface area contributed by atoms with Crippen LogP contribution in [0.3, 0.4) is 0 Å². The van der Waals surface area contributed by atoms with Gasteiger partial charge in [-0.3, -0.25) is 9.59 Å². The predicted octanol–water partition coefficient (Wildman–Crippen LogP) is 4.25. The van der Waals surface area contributed by atoms with E-state index in [2.05, 4.69) is 6.58 Å². The molecule has 0 bridgehead atoms. The van der Waals surface area contributed by atoms with Crippen LogP contribution in [-0.4, -0.2) is 22.2 Å². The predicted molar refractivity (Wildman–Crippen MR) is 79.7 cm³/mol. The van der Waals surface area contributed by atoms with Crippen LogP contribution >= 0.6 is 0 Å². The number of carboxylic acids is 2. The van der Waals surface area contributed by atoms with Crippen LogP contribution in [0.25, 0.3) is 0 Å². The summed E-state index contributed by atoms with van der Waals surface area (Å²) in [5, 5.41) is 17.1. The van der Waals surface area contributed by atoms with Gasteiger partial charge in [0.15, 0.2) is 0 Å². The van der Waals surface area contributed by atoms with Gasteiger partial charge in [0.2, 0.25) is 0 Å². The van der Waals surface area contributed by atoms with Crippen molar-refractivity contribution in [2.75, 3.05) is 0 Å². The van der Waals surface area contributed by atoms with Crippen LogP contribution in [0.5, 0.6) is 0 Å². The molecule has 0 saturated carbocycles. The number of aliphatic carboxylic acids is 2. The standard InChI is InChI=1S/C16H28O4/c1-2-14(11-8-9-13-16(19)20)10-6-4-3-5-7-12-15(17)18/h2,14H,1,3-13H2,(H,17,18)(H,19,20). The molecule has 0 amide bonds. The molecule has 0 aliphatic carbocycles. The fourth-order valence-electron chi connectivity index (χ4n) is 2.28. The van der Waals surface area contributed by atoms with Crippen LogP contribution < -0.4 is 0 Å². The van der Waals surface area contributed by atoms with Gasteiger partial charge >= 0.3 is 11.9 Å². The topological polar surface area (TPSA) is 74.6 Å². The van der Waals surface area contributed by atoms with Gasteiger partial charge < -0.3 is 10.2 Å². The van der Waals surface area contributed by atoms with Gasteiger partial charge in [-0.2, -0.15) is 0 Å². The first kappa shape index (κ1) is 18.7. The minimum atomic E-state index is -0.721. The Balaban J connectivity index is 3.43. The molecule has 4 heteroatoms. The number of allylic oxidation sites excluding steroid dienone is 1. The molecule has 0 fully saturated rings. The third-order valence-electron chi connectivity index (χ3n) is 3.51. The van der Waals surface area contributed by atoms with Crippen molar-refractivity contribution in [2.24, 2.45) is 5.92 Å². The lowest BCUT2D eigenvalue weighted by molar-refractivity contribution is -0.138. The molecule has 0 saturated heterocycles. The summed E-state index contributed by atoms with van der Waals surface area (Å²) in [5.74, 6) is -0.942. The number of carbonyl (C=O) groups is 2. The average molecular weight is 284 g/mol. The van der Waals surface area contributed by atoms with Gasteiger partial charge in [0, 0.05) is 12.8 Å². The second-order valence-corrected chi connectivity index (χ2v) is 5.34. The van der Waals surface area contributed by atoms with Crippen molar-refractivity contribution in [2.45, 2.75) is 70.6 Å². The maximum Gasteiger partial charge on any atom is 0.303 e. The molecule has 116 valence electrons. The smallest absolute Gasteiger partial charge is 0.303 e. The van der Waals surface area contributed by atoms with E-state index >= 15 is 0 Å². The maximum atomic E-state index is 10.4. The molecule has 4 nitrogen and oxygen atoms in total. The van der Waals surface area contributed by atoms with E-state index in [0.29, 0.717) is 5.92 Å². The van der Waals surface area contributed by atoms with Crippen LogP contribution in [-0.2, 0) is 9.59 Å². The van der Waals surface area contributed by atoms with Gasteiger partial charge in [0.1, 0.15) is 0 Å². The highest BCUT2D eigenvalue weighted by molar-refractivity contribution is 5.66. The van der Waals surface area contributed by atoms with E-state index in [1.54, 1.807) is 0 Å². The van der Waals surface area contributed by atoms with E-state index in [0.717, 1.165) is 57.8 Å². The summed E-state index contributed by atoms with van der Waals surface area (Å²) in [4.78, 5) is 20.7. The lowest BCUT2D eigenvalue weighted by atomic mass is 9.94. The lowest BCUT2D eigenvalue weighted by Crippen LogP contribution is -1.99. The van der Waals surface area contributed by atoms with Gasteiger partial charge in [0.05, 0.1) is 0 Å². The Morgan fingerprint density at radius 3 is 1.70 bits per heavy atom. The van der Waals surface area contributed by atoms with E-state index in [9.17, 15) is 9.59 Å². The van der Waals surface area contributed by atoms with Crippen molar-refractivity contribution < 1.29 is 19.8 Å². The molecule has 0 heterocycles. The third kappa shape index (κ3) is 13.1. The summed E-state index contributed by atoms with van der Waals surface area (Å²) in [7, 11) is 0. The van der Waals surface area contributed by atoms with E-state index in [-0.39, 0.29) is 12.8 Å². The molecule has 0 radical (unpaired) electrons. The van der Waals surface area contributed by atoms with E-state index in [4.69, 9.17) is 10.2 Å². The monoisotopic (exact) mass is 284 g/mol. The van der Waals surface area contributed by atoms with Crippen LogP contribution in [0, 0.1) is 5.92 Å². The summed E-state index contributed by atoms with van der Waals surface area (Å²) in [6.45, 7) is 3.84. The second-order valence-electron chi connectivity index (χ2n) is 5.34. The molecule has 0 rings (SSSR count). The van der Waals surface area contributed by atoms with Crippen molar-refractivity contribution >= 4 is 11.9 Å². The number of rotatable bonds is 14. The first-order valence-corrected chi connectivity index (χ1v) is 7.62. The minimum absolute atomic E-state index is 0.257. The first-order chi connectivity index (χ1) is 9.56. The zero-order valence-corrected chi connectivity index (χ0v) is 12.4. The highest BCUT2D eigenvalue weighted by Crippen LogP contribution is 2.19. The number of unbranched alkanes of at least 4 members (excludes halogenated alkanes) is 5. The summed E-state index contributed by atoms with van der Waals surface area (Å²) in [6, 6.07) is 0. The van der Waals surface area contributed by atoms with Crippen LogP contribution in [0.15, 0.2) is 12.7 Å². The summed E-state index contributed by atoms with van der Waals surface area (Å²) < 4.78 is 0. The summed E-state index contributed by atoms with van der Waals surface area (Å²) in [6.07, 6.45) is 11.5.